The highest BCUT2D eigenvalue weighted by Gasteiger charge is 2.23. The number of hydrogen-bond acceptors (Lipinski definition) is 5. The van der Waals surface area contributed by atoms with Gasteiger partial charge >= 0.3 is 0 Å². The molecule has 152 valence electrons. The molecule has 2 aromatic heterocycles. The molecular formula is C23H28N4O2. The number of hydrogen-bond donors (Lipinski definition) is 0. The molecule has 0 N–H and O–H groups in total. The van der Waals surface area contributed by atoms with E-state index in [0.717, 1.165) is 69.2 Å². The van der Waals surface area contributed by atoms with Gasteiger partial charge in [0.25, 0.3) is 0 Å². The molecule has 2 aliphatic rings. The van der Waals surface area contributed by atoms with Crippen molar-refractivity contribution in [1.29, 1.82) is 0 Å². The Morgan fingerprint density at radius 2 is 2.00 bits per heavy atom. The van der Waals surface area contributed by atoms with Crippen molar-refractivity contribution in [3.05, 3.63) is 54.2 Å². The van der Waals surface area contributed by atoms with Gasteiger partial charge in [-0.05, 0) is 44.4 Å². The molecule has 5 rings (SSSR count). The fourth-order valence-corrected chi connectivity index (χ4v) is 4.42. The zero-order valence-electron chi connectivity index (χ0n) is 17.0. The molecule has 0 amide bonds. The lowest BCUT2D eigenvalue weighted by Crippen LogP contribution is -2.38. The first-order valence-electron chi connectivity index (χ1n) is 10.6. The highest BCUT2D eigenvalue weighted by Crippen LogP contribution is 2.32. The second-order valence-electron chi connectivity index (χ2n) is 8.17. The molecule has 6 heteroatoms. The summed E-state index contributed by atoms with van der Waals surface area (Å²) >= 11 is 0. The van der Waals surface area contributed by atoms with E-state index in [1.807, 2.05) is 19.3 Å². The molecule has 0 saturated carbocycles. The van der Waals surface area contributed by atoms with E-state index in [2.05, 4.69) is 49.9 Å². The predicted molar refractivity (Wildman–Crippen MR) is 112 cm³/mol. The summed E-state index contributed by atoms with van der Waals surface area (Å²) in [6.45, 7) is 6.54. The van der Waals surface area contributed by atoms with Crippen molar-refractivity contribution >= 4 is 10.9 Å². The maximum absolute atomic E-state index is 6.46. The lowest BCUT2D eigenvalue weighted by Gasteiger charge is -2.32. The van der Waals surface area contributed by atoms with Gasteiger partial charge in [-0.3, -0.25) is 14.9 Å². The SMILES string of the molecule is Cc1cnc(CN2CCC(Oc3cccc4c3ccn4C3CCOC3)CC2)cn1. The third kappa shape index (κ3) is 4.00. The first kappa shape index (κ1) is 18.6. The number of ether oxygens (including phenoxy) is 2. The van der Waals surface area contributed by atoms with Crippen molar-refractivity contribution in [2.45, 2.75) is 44.9 Å². The Labute approximate surface area is 171 Å². The number of likely N-dealkylation sites (tertiary alicyclic amines) is 1. The summed E-state index contributed by atoms with van der Waals surface area (Å²) in [7, 11) is 0. The van der Waals surface area contributed by atoms with Crippen molar-refractivity contribution in [3.63, 3.8) is 0 Å². The molecule has 2 saturated heterocycles. The van der Waals surface area contributed by atoms with Gasteiger partial charge in [-0.1, -0.05) is 6.07 Å². The van der Waals surface area contributed by atoms with E-state index >= 15 is 0 Å². The zero-order valence-corrected chi connectivity index (χ0v) is 17.0. The van der Waals surface area contributed by atoms with Gasteiger partial charge < -0.3 is 14.0 Å². The van der Waals surface area contributed by atoms with E-state index in [1.165, 1.54) is 10.9 Å². The third-order valence-corrected chi connectivity index (χ3v) is 6.07. The molecule has 1 atom stereocenters. The molecule has 0 bridgehead atoms. The third-order valence-electron chi connectivity index (χ3n) is 6.07. The summed E-state index contributed by atoms with van der Waals surface area (Å²) in [6.07, 6.45) is 9.33. The van der Waals surface area contributed by atoms with Gasteiger partial charge in [0.15, 0.2) is 0 Å². The highest BCUT2D eigenvalue weighted by atomic mass is 16.5. The van der Waals surface area contributed by atoms with Crippen molar-refractivity contribution in [1.82, 2.24) is 19.4 Å². The van der Waals surface area contributed by atoms with Gasteiger partial charge in [0, 0.05) is 50.2 Å². The van der Waals surface area contributed by atoms with Crippen molar-refractivity contribution in [2.24, 2.45) is 0 Å². The topological polar surface area (TPSA) is 52.4 Å². The molecule has 29 heavy (non-hydrogen) atoms. The van der Waals surface area contributed by atoms with Crippen LogP contribution in [-0.4, -0.2) is 51.8 Å². The fourth-order valence-electron chi connectivity index (χ4n) is 4.42. The molecule has 0 aliphatic carbocycles. The van der Waals surface area contributed by atoms with Gasteiger partial charge in [0.2, 0.25) is 0 Å². The van der Waals surface area contributed by atoms with Crippen LogP contribution in [0.4, 0.5) is 0 Å². The Kier molecular flexibility index (Phi) is 5.21. The number of nitrogens with zero attached hydrogens (tertiary/aromatic N) is 4. The summed E-state index contributed by atoms with van der Waals surface area (Å²) in [6, 6.07) is 9.03. The lowest BCUT2D eigenvalue weighted by atomic mass is 10.1. The van der Waals surface area contributed by atoms with E-state index < -0.39 is 0 Å². The minimum Gasteiger partial charge on any atom is -0.490 e. The zero-order chi connectivity index (χ0) is 19.6. The second-order valence-corrected chi connectivity index (χ2v) is 8.17. The standard InChI is InChI=1S/C23H28N4O2/c1-17-13-25-18(14-24-17)15-26-9-5-20(6-10-26)29-23-4-2-3-22-21(23)7-11-27(22)19-8-12-28-16-19/h2-4,7,11,13-14,19-20H,5-6,8-10,12,15-16H2,1H3. The van der Waals surface area contributed by atoms with Crippen LogP contribution in [0.2, 0.25) is 0 Å². The fraction of sp³-hybridized carbons (Fsp3) is 0.478. The first-order valence-corrected chi connectivity index (χ1v) is 10.6. The number of piperidine rings is 1. The molecule has 0 spiro atoms. The van der Waals surface area contributed by atoms with Gasteiger partial charge in [0.1, 0.15) is 11.9 Å². The van der Waals surface area contributed by atoms with E-state index in [1.54, 1.807) is 0 Å². The van der Waals surface area contributed by atoms with Crippen LogP contribution >= 0.6 is 0 Å². The average Bonchev–Trinajstić information content (AvgIpc) is 3.41. The second kappa shape index (κ2) is 8.13. The Morgan fingerprint density at radius 3 is 2.76 bits per heavy atom. The molecule has 4 heterocycles. The lowest BCUT2D eigenvalue weighted by molar-refractivity contribution is 0.0972. The van der Waals surface area contributed by atoms with Gasteiger partial charge in [-0.2, -0.15) is 0 Å². The minimum absolute atomic E-state index is 0.263. The number of aromatic nitrogens is 3. The maximum Gasteiger partial charge on any atom is 0.129 e. The van der Waals surface area contributed by atoms with Crippen LogP contribution in [-0.2, 0) is 11.3 Å². The average molecular weight is 393 g/mol. The van der Waals surface area contributed by atoms with E-state index in [9.17, 15) is 0 Å². The summed E-state index contributed by atoms with van der Waals surface area (Å²) in [5.74, 6) is 1.00. The summed E-state index contributed by atoms with van der Waals surface area (Å²) in [4.78, 5) is 11.3. The Balaban J connectivity index is 1.22. The highest BCUT2D eigenvalue weighted by molar-refractivity contribution is 5.86. The van der Waals surface area contributed by atoms with Gasteiger partial charge in [-0.25, -0.2) is 0 Å². The van der Waals surface area contributed by atoms with E-state index in [-0.39, 0.29) is 6.10 Å². The predicted octanol–water partition coefficient (Wildman–Crippen LogP) is 3.74. The summed E-state index contributed by atoms with van der Waals surface area (Å²) < 4.78 is 14.4. The summed E-state index contributed by atoms with van der Waals surface area (Å²) in [5.41, 5.74) is 3.25. The van der Waals surface area contributed by atoms with Crippen LogP contribution in [0.1, 0.15) is 36.7 Å². The van der Waals surface area contributed by atoms with Gasteiger partial charge in [-0.15, -0.1) is 0 Å². The van der Waals surface area contributed by atoms with Crippen LogP contribution in [0.15, 0.2) is 42.9 Å². The number of rotatable bonds is 5. The quantitative estimate of drug-likeness (QED) is 0.662. The Morgan fingerprint density at radius 1 is 1.10 bits per heavy atom. The normalized spacial score (nSPS) is 21.1. The van der Waals surface area contributed by atoms with Crippen LogP contribution in [0.5, 0.6) is 5.75 Å². The Hall–Kier alpha value is -2.44. The number of benzene rings is 1. The molecule has 1 aromatic carbocycles. The van der Waals surface area contributed by atoms with E-state index in [0.29, 0.717) is 6.04 Å². The minimum atomic E-state index is 0.263. The molecule has 3 aromatic rings. The first-order chi connectivity index (χ1) is 14.3. The number of fused-ring (bicyclic) bond motifs is 1. The van der Waals surface area contributed by atoms with Crippen LogP contribution in [0.3, 0.4) is 0 Å². The molecule has 2 fully saturated rings. The van der Waals surface area contributed by atoms with Crippen molar-refractivity contribution < 1.29 is 9.47 Å². The molecule has 0 radical (unpaired) electrons. The smallest absolute Gasteiger partial charge is 0.129 e. The van der Waals surface area contributed by atoms with Crippen molar-refractivity contribution in [2.75, 3.05) is 26.3 Å². The molecule has 1 unspecified atom stereocenters. The van der Waals surface area contributed by atoms with Gasteiger partial charge in [0.05, 0.1) is 29.6 Å². The van der Waals surface area contributed by atoms with Crippen LogP contribution in [0, 0.1) is 6.92 Å². The van der Waals surface area contributed by atoms with E-state index in [4.69, 9.17) is 9.47 Å². The summed E-state index contributed by atoms with van der Waals surface area (Å²) in [5, 5.41) is 1.21. The maximum atomic E-state index is 6.46. The van der Waals surface area contributed by atoms with Crippen LogP contribution < -0.4 is 4.74 Å². The molecule has 6 nitrogen and oxygen atoms in total. The number of aryl methyl sites for hydroxylation is 1. The van der Waals surface area contributed by atoms with Crippen LogP contribution in [0.25, 0.3) is 10.9 Å². The monoisotopic (exact) mass is 392 g/mol. The molecule has 2 aliphatic heterocycles. The Bertz CT molecular complexity index is 955. The largest absolute Gasteiger partial charge is 0.490 e. The molecular weight excluding hydrogens is 364 g/mol. The van der Waals surface area contributed by atoms with Crippen molar-refractivity contribution in [3.8, 4) is 5.75 Å².